The SMILES string of the molecule is CS(=O)(=O)N1CCN(Cc2ccc(NC(=O)c3ccc(Cl)c(-c4ccccc4)c3)cc2)CC1. The van der Waals surface area contributed by atoms with Crippen molar-refractivity contribution >= 4 is 33.2 Å². The zero-order chi connectivity index (χ0) is 23.4. The molecule has 1 aliphatic rings. The minimum absolute atomic E-state index is 0.200. The third-order valence-corrected chi connectivity index (χ3v) is 7.36. The van der Waals surface area contributed by atoms with Gasteiger partial charge >= 0.3 is 0 Å². The fourth-order valence-electron chi connectivity index (χ4n) is 3.88. The third kappa shape index (κ3) is 6.00. The second-order valence-corrected chi connectivity index (χ2v) is 10.5. The highest BCUT2D eigenvalue weighted by Crippen LogP contribution is 2.29. The van der Waals surface area contributed by atoms with Crippen molar-refractivity contribution in [1.29, 1.82) is 0 Å². The lowest BCUT2D eigenvalue weighted by Crippen LogP contribution is -2.47. The molecule has 1 aliphatic heterocycles. The predicted octanol–water partition coefficient (Wildman–Crippen LogP) is 4.34. The molecule has 0 spiro atoms. The lowest BCUT2D eigenvalue weighted by molar-refractivity contribution is 0.102. The van der Waals surface area contributed by atoms with Crippen molar-refractivity contribution in [3.8, 4) is 11.1 Å². The summed E-state index contributed by atoms with van der Waals surface area (Å²) in [5.41, 5.74) is 4.13. The Morgan fingerprint density at radius 3 is 2.24 bits per heavy atom. The molecule has 3 aromatic carbocycles. The Kier molecular flexibility index (Phi) is 7.14. The summed E-state index contributed by atoms with van der Waals surface area (Å²) in [5.74, 6) is -0.200. The number of rotatable bonds is 6. The summed E-state index contributed by atoms with van der Waals surface area (Å²) in [5, 5.41) is 3.54. The Morgan fingerprint density at radius 1 is 0.939 bits per heavy atom. The van der Waals surface area contributed by atoms with Crippen LogP contribution in [0.15, 0.2) is 72.8 Å². The molecule has 0 unspecified atom stereocenters. The predicted molar refractivity (Wildman–Crippen MR) is 133 cm³/mol. The van der Waals surface area contributed by atoms with E-state index in [0.717, 1.165) is 23.2 Å². The number of piperazine rings is 1. The van der Waals surface area contributed by atoms with Crippen LogP contribution in [0.4, 0.5) is 5.69 Å². The Balaban J connectivity index is 1.37. The number of hydrogen-bond acceptors (Lipinski definition) is 4. The number of nitrogens with one attached hydrogen (secondary N) is 1. The summed E-state index contributed by atoms with van der Waals surface area (Å²) in [4.78, 5) is 15.0. The van der Waals surface area contributed by atoms with Crippen LogP contribution >= 0.6 is 11.6 Å². The molecule has 0 bridgehead atoms. The zero-order valence-corrected chi connectivity index (χ0v) is 19.9. The van der Waals surface area contributed by atoms with E-state index in [-0.39, 0.29) is 5.91 Å². The number of amides is 1. The molecule has 1 heterocycles. The first-order valence-corrected chi connectivity index (χ1v) is 12.9. The van der Waals surface area contributed by atoms with Crippen LogP contribution in [0.3, 0.4) is 0 Å². The number of carbonyl (C=O) groups is 1. The van der Waals surface area contributed by atoms with E-state index in [1.807, 2.05) is 54.6 Å². The fraction of sp³-hybridized carbons (Fsp3) is 0.240. The molecule has 6 nitrogen and oxygen atoms in total. The largest absolute Gasteiger partial charge is 0.322 e. The minimum Gasteiger partial charge on any atom is -0.322 e. The van der Waals surface area contributed by atoms with Gasteiger partial charge in [0.05, 0.1) is 6.26 Å². The molecule has 0 aromatic heterocycles. The van der Waals surface area contributed by atoms with Gasteiger partial charge in [-0.05, 0) is 41.5 Å². The van der Waals surface area contributed by atoms with E-state index in [1.165, 1.54) is 10.6 Å². The van der Waals surface area contributed by atoms with Gasteiger partial charge in [0.1, 0.15) is 0 Å². The van der Waals surface area contributed by atoms with Crippen LogP contribution in [-0.2, 0) is 16.6 Å². The average Bonchev–Trinajstić information content (AvgIpc) is 2.81. The van der Waals surface area contributed by atoms with E-state index in [2.05, 4.69) is 10.2 Å². The standard InChI is InChI=1S/C25H26ClN3O3S/c1-33(31,32)29-15-13-28(14-16-29)18-19-7-10-22(11-8-19)27-25(30)21-9-12-24(26)23(17-21)20-5-3-2-4-6-20/h2-12,17H,13-16,18H2,1H3,(H,27,30). The highest BCUT2D eigenvalue weighted by atomic mass is 35.5. The average molecular weight is 484 g/mol. The zero-order valence-electron chi connectivity index (χ0n) is 18.4. The summed E-state index contributed by atoms with van der Waals surface area (Å²) in [7, 11) is -3.12. The normalized spacial score (nSPS) is 15.3. The molecule has 0 saturated carbocycles. The van der Waals surface area contributed by atoms with Crippen LogP contribution in [0.25, 0.3) is 11.1 Å². The van der Waals surface area contributed by atoms with Crippen molar-refractivity contribution in [2.45, 2.75) is 6.54 Å². The van der Waals surface area contributed by atoms with E-state index in [0.29, 0.717) is 42.5 Å². The highest BCUT2D eigenvalue weighted by molar-refractivity contribution is 7.88. The van der Waals surface area contributed by atoms with Gasteiger partial charge in [-0.1, -0.05) is 54.1 Å². The van der Waals surface area contributed by atoms with Crippen molar-refractivity contribution in [1.82, 2.24) is 9.21 Å². The Hall–Kier alpha value is -2.71. The van der Waals surface area contributed by atoms with Crippen molar-refractivity contribution in [2.75, 3.05) is 37.8 Å². The summed E-state index contributed by atoms with van der Waals surface area (Å²) in [6.07, 6.45) is 1.25. The van der Waals surface area contributed by atoms with Crippen molar-refractivity contribution in [3.63, 3.8) is 0 Å². The van der Waals surface area contributed by atoms with Crippen LogP contribution < -0.4 is 5.32 Å². The topological polar surface area (TPSA) is 69.7 Å². The quantitative estimate of drug-likeness (QED) is 0.566. The first-order chi connectivity index (χ1) is 15.8. The van der Waals surface area contributed by atoms with Gasteiger partial charge in [0.15, 0.2) is 0 Å². The summed E-state index contributed by atoms with van der Waals surface area (Å²) >= 11 is 6.36. The number of carbonyl (C=O) groups excluding carboxylic acids is 1. The molecule has 0 radical (unpaired) electrons. The van der Waals surface area contributed by atoms with Crippen molar-refractivity contribution in [2.24, 2.45) is 0 Å². The molecule has 3 aromatic rings. The number of hydrogen-bond donors (Lipinski definition) is 1. The Labute approximate surface area is 199 Å². The first kappa shape index (κ1) is 23.4. The fourth-order valence-corrected chi connectivity index (χ4v) is 4.93. The molecule has 1 amide bonds. The minimum atomic E-state index is -3.12. The molecular formula is C25H26ClN3O3S. The van der Waals surface area contributed by atoms with Crippen LogP contribution in [0.2, 0.25) is 5.02 Å². The molecule has 8 heteroatoms. The van der Waals surface area contributed by atoms with Crippen LogP contribution in [0, 0.1) is 0 Å². The van der Waals surface area contributed by atoms with Gasteiger partial charge in [0.2, 0.25) is 10.0 Å². The maximum absolute atomic E-state index is 12.8. The lowest BCUT2D eigenvalue weighted by atomic mass is 10.0. The lowest BCUT2D eigenvalue weighted by Gasteiger charge is -2.33. The van der Waals surface area contributed by atoms with E-state index >= 15 is 0 Å². The Morgan fingerprint density at radius 2 is 1.61 bits per heavy atom. The number of benzene rings is 3. The number of sulfonamides is 1. The highest BCUT2D eigenvalue weighted by Gasteiger charge is 2.23. The van der Waals surface area contributed by atoms with Gasteiger partial charge < -0.3 is 5.32 Å². The summed E-state index contributed by atoms with van der Waals surface area (Å²) in [6, 6.07) is 22.7. The molecule has 33 heavy (non-hydrogen) atoms. The molecule has 4 rings (SSSR count). The van der Waals surface area contributed by atoms with Gasteiger partial charge in [0.25, 0.3) is 5.91 Å². The Bertz CT molecular complexity index is 1220. The molecule has 0 aliphatic carbocycles. The summed E-state index contributed by atoms with van der Waals surface area (Å²) < 4.78 is 24.8. The van der Waals surface area contributed by atoms with Gasteiger partial charge in [-0.15, -0.1) is 0 Å². The second-order valence-electron chi connectivity index (χ2n) is 8.15. The molecule has 1 fully saturated rings. The van der Waals surface area contributed by atoms with Crippen molar-refractivity contribution < 1.29 is 13.2 Å². The first-order valence-electron chi connectivity index (χ1n) is 10.7. The number of halogens is 1. The molecular weight excluding hydrogens is 458 g/mol. The number of anilines is 1. The summed E-state index contributed by atoms with van der Waals surface area (Å²) in [6.45, 7) is 3.17. The van der Waals surface area contributed by atoms with Crippen LogP contribution in [-0.4, -0.2) is 56.0 Å². The van der Waals surface area contributed by atoms with E-state index < -0.39 is 10.0 Å². The van der Waals surface area contributed by atoms with Gasteiger partial charge in [-0.2, -0.15) is 4.31 Å². The van der Waals surface area contributed by atoms with Gasteiger partial charge in [0, 0.05) is 54.6 Å². The second kappa shape index (κ2) is 10.1. The molecule has 1 saturated heterocycles. The molecule has 1 N–H and O–H groups in total. The molecule has 172 valence electrons. The third-order valence-electron chi connectivity index (χ3n) is 5.73. The van der Waals surface area contributed by atoms with Gasteiger partial charge in [-0.3, -0.25) is 9.69 Å². The van der Waals surface area contributed by atoms with Crippen molar-refractivity contribution in [3.05, 3.63) is 88.9 Å². The van der Waals surface area contributed by atoms with E-state index in [9.17, 15) is 13.2 Å². The number of nitrogens with zero attached hydrogens (tertiary/aromatic N) is 2. The van der Waals surface area contributed by atoms with Crippen LogP contribution in [0.1, 0.15) is 15.9 Å². The maximum Gasteiger partial charge on any atom is 0.255 e. The van der Waals surface area contributed by atoms with Gasteiger partial charge in [-0.25, -0.2) is 8.42 Å². The van der Waals surface area contributed by atoms with E-state index in [1.54, 1.807) is 18.2 Å². The smallest absolute Gasteiger partial charge is 0.255 e. The monoisotopic (exact) mass is 483 g/mol. The maximum atomic E-state index is 12.8. The van der Waals surface area contributed by atoms with E-state index in [4.69, 9.17) is 11.6 Å². The molecule has 0 atom stereocenters. The van der Waals surface area contributed by atoms with Crippen LogP contribution in [0.5, 0.6) is 0 Å².